The summed E-state index contributed by atoms with van der Waals surface area (Å²) < 4.78 is 0. The first kappa shape index (κ1) is 14.4. The molecule has 0 bridgehead atoms. The number of aromatic nitrogens is 2. The zero-order valence-electron chi connectivity index (χ0n) is 11.4. The molecule has 3 N–H and O–H groups in total. The van der Waals surface area contributed by atoms with Crippen molar-refractivity contribution < 1.29 is 0 Å². The molecular formula is C14H18ClN5. The van der Waals surface area contributed by atoms with Crippen molar-refractivity contribution in [3.05, 3.63) is 52.8 Å². The third-order valence-corrected chi connectivity index (χ3v) is 2.89. The Bertz CT molecular complexity index is 550. The van der Waals surface area contributed by atoms with Crippen molar-refractivity contribution >= 4 is 17.6 Å². The lowest BCUT2D eigenvalue weighted by Gasteiger charge is -2.10. The third kappa shape index (κ3) is 4.59. The van der Waals surface area contributed by atoms with E-state index in [1.807, 2.05) is 37.3 Å². The zero-order valence-corrected chi connectivity index (χ0v) is 12.1. The third-order valence-electron chi connectivity index (χ3n) is 2.66. The Labute approximate surface area is 123 Å². The molecule has 0 spiro atoms. The maximum absolute atomic E-state index is 5.96. The fourth-order valence-corrected chi connectivity index (χ4v) is 1.92. The van der Waals surface area contributed by atoms with Crippen LogP contribution in [0.3, 0.4) is 0 Å². The molecule has 20 heavy (non-hydrogen) atoms. The van der Waals surface area contributed by atoms with Crippen LogP contribution < -0.4 is 10.6 Å². The average Bonchev–Trinajstić information content (AvgIpc) is 2.95. The molecule has 0 saturated heterocycles. The average molecular weight is 292 g/mol. The minimum absolute atomic E-state index is 0.582. The normalized spacial score (nSPS) is 11.4. The quantitative estimate of drug-likeness (QED) is 0.585. The summed E-state index contributed by atoms with van der Waals surface area (Å²) in [6, 6.07) is 9.64. The van der Waals surface area contributed by atoms with Gasteiger partial charge in [-0.1, -0.05) is 23.7 Å². The number of benzene rings is 1. The number of nitrogens with zero attached hydrogens (tertiary/aromatic N) is 2. The first-order chi connectivity index (χ1) is 9.78. The summed E-state index contributed by atoms with van der Waals surface area (Å²) in [6.07, 6.45) is 1.73. The van der Waals surface area contributed by atoms with E-state index in [9.17, 15) is 0 Å². The van der Waals surface area contributed by atoms with Gasteiger partial charge in [0.25, 0.3) is 0 Å². The molecule has 6 heteroatoms. The Morgan fingerprint density at radius 2 is 2.25 bits per heavy atom. The highest BCUT2D eigenvalue weighted by molar-refractivity contribution is 6.30. The second-order valence-corrected chi connectivity index (χ2v) is 4.70. The predicted octanol–water partition coefficient (Wildman–Crippen LogP) is 2.32. The molecule has 1 aromatic carbocycles. The summed E-state index contributed by atoms with van der Waals surface area (Å²) in [4.78, 5) is 4.53. The smallest absolute Gasteiger partial charge is 0.191 e. The Morgan fingerprint density at radius 1 is 1.35 bits per heavy atom. The topological polar surface area (TPSA) is 65.1 Å². The van der Waals surface area contributed by atoms with Gasteiger partial charge >= 0.3 is 0 Å². The molecule has 0 saturated carbocycles. The maximum atomic E-state index is 5.96. The predicted molar refractivity (Wildman–Crippen MR) is 81.7 cm³/mol. The van der Waals surface area contributed by atoms with Gasteiger partial charge in [-0.15, -0.1) is 0 Å². The molecule has 0 aliphatic rings. The van der Waals surface area contributed by atoms with E-state index in [-0.39, 0.29) is 0 Å². The molecule has 0 aliphatic carbocycles. The Hall–Kier alpha value is -2.01. The van der Waals surface area contributed by atoms with E-state index in [2.05, 4.69) is 25.8 Å². The van der Waals surface area contributed by atoms with Crippen LogP contribution in [0.4, 0.5) is 0 Å². The number of rotatable bonds is 5. The highest BCUT2D eigenvalue weighted by Gasteiger charge is 1.99. The van der Waals surface area contributed by atoms with Gasteiger partial charge in [0.2, 0.25) is 0 Å². The van der Waals surface area contributed by atoms with Gasteiger partial charge in [-0.2, -0.15) is 5.10 Å². The van der Waals surface area contributed by atoms with E-state index < -0.39 is 0 Å². The van der Waals surface area contributed by atoms with Gasteiger partial charge in [0.15, 0.2) is 5.96 Å². The number of aliphatic imine (C=N–C) groups is 1. The van der Waals surface area contributed by atoms with Crippen molar-refractivity contribution in [2.45, 2.75) is 20.0 Å². The summed E-state index contributed by atoms with van der Waals surface area (Å²) in [5.41, 5.74) is 2.09. The number of hydrogen-bond donors (Lipinski definition) is 3. The van der Waals surface area contributed by atoms with E-state index in [1.54, 1.807) is 6.20 Å². The molecule has 106 valence electrons. The van der Waals surface area contributed by atoms with Gasteiger partial charge in [-0.3, -0.25) is 5.10 Å². The maximum Gasteiger partial charge on any atom is 0.191 e. The van der Waals surface area contributed by atoms with E-state index in [0.717, 1.165) is 28.8 Å². The van der Waals surface area contributed by atoms with Gasteiger partial charge in [0.1, 0.15) is 0 Å². The van der Waals surface area contributed by atoms with E-state index in [4.69, 9.17) is 11.6 Å². The van der Waals surface area contributed by atoms with E-state index >= 15 is 0 Å². The van der Waals surface area contributed by atoms with Crippen molar-refractivity contribution in [3.8, 4) is 0 Å². The largest absolute Gasteiger partial charge is 0.357 e. The zero-order chi connectivity index (χ0) is 14.2. The van der Waals surface area contributed by atoms with Gasteiger partial charge in [0.05, 0.1) is 18.8 Å². The number of nitrogens with one attached hydrogen (secondary N) is 3. The number of halogens is 1. The van der Waals surface area contributed by atoms with Crippen molar-refractivity contribution in [1.82, 2.24) is 20.8 Å². The lowest BCUT2D eigenvalue weighted by Crippen LogP contribution is -2.36. The second kappa shape index (κ2) is 7.55. The molecule has 0 fully saturated rings. The number of guanidine groups is 1. The lowest BCUT2D eigenvalue weighted by molar-refractivity contribution is 0.794. The molecule has 0 unspecified atom stereocenters. The van der Waals surface area contributed by atoms with Crippen LogP contribution in [0.2, 0.25) is 5.02 Å². The van der Waals surface area contributed by atoms with Crippen LogP contribution in [-0.4, -0.2) is 22.7 Å². The first-order valence-corrected chi connectivity index (χ1v) is 6.90. The molecule has 5 nitrogen and oxygen atoms in total. The van der Waals surface area contributed by atoms with E-state index in [1.165, 1.54) is 0 Å². The molecule has 1 heterocycles. The lowest BCUT2D eigenvalue weighted by atomic mass is 10.2. The minimum Gasteiger partial charge on any atom is -0.357 e. The number of H-pyrrole nitrogens is 1. The molecule has 0 aliphatic heterocycles. The van der Waals surface area contributed by atoms with Gasteiger partial charge < -0.3 is 10.6 Å². The molecule has 1 aromatic heterocycles. The van der Waals surface area contributed by atoms with Crippen molar-refractivity contribution in [2.75, 3.05) is 6.54 Å². The molecule has 0 radical (unpaired) electrons. The molecule has 0 atom stereocenters. The fraction of sp³-hybridized carbons (Fsp3) is 0.286. The Kier molecular flexibility index (Phi) is 5.43. The van der Waals surface area contributed by atoms with Gasteiger partial charge in [0, 0.05) is 17.8 Å². The van der Waals surface area contributed by atoms with Crippen LogP contribution in [0.25, 0.3) is 0 Å². The van der Waals surface area contributed by atoms with Crippen LogP contribution in [0, 0.1) is 0 Å². The van der Waals surface area contributed by atoms with Crippen molar-refractivity contribution in [2.24, 2.45) is 4.99 Å². The Morgan fingerprint density at radius 3 is 2.95 bits per heavy atom. The standard InChI is InChI=1S/C14H18ClN5/c1-2-16-14(18-10-13-6-7-19-20-13)17-9-11-4-3-5-12(15)8-11/h3-8H,2,9-10H2,1H3,(H,19,20)(H2,16,17,18). The highest BCUT2D eigenvalue weighted by Crippen LogP contribution is 2.11. The van der Waals surface area contributed by atoms with Crippen molar-refractivity contribution in [1.29, 1.82) is 0 Å². The van der Waals surface area contributed by atoms with Crippen LogP contribution in [0.5, 0.6) is 0 Å². The van der Waals surface area contributed by atoms with Crippen LogP contribution in [0.15, 0.2) is 41.5 Å². The van der Waals surface area contributed by atoms with Crippen LogP contribution in [-0.2, 0) is 13.1 Å². The van der Waals surface area contributed by atoms with Crippen LogP contribution in [0.1, 0.15) is 18.2 Å². The molecule has 2 rings (SSSR count). The van der Waals surface area contributed by atoms with Gasteiger partial charge in [-0.05, 0) is 30.7 Å². The monoisotopic (exact) mass is 291 g/mol. The van der Waals surface area contributed by atoms with E-state index in [0.29, 0.717) is 13.1 Å². The molecular weight excluding hydrogens is 274 g/mol. The summed E-state index contributed by atoms with van der Waals surface area (Å²) in [6.45, 7) is 4.08. The second-order valence-electron chi connectivity index (χ2n) is 4.26. The fourth-order valence-electron chi connectivity index (χ4n) is 1.71. The summed E-state index contributed by atoms with van der Waals surface area (Å²) in [7, 11) is 0. The summed E-state index contributed by atoms with van der Waals surface area (Å²) in [5.74, 6) is 0.766. The SMILES string of the molecule is CCNC(=NCc1cccc(Cl)c1)NCc1ccn[nH]1. The minimum atomic E-state index is 0.582. The summed E-state index contributed by atoms with van der Waals surface area (Å²) in [5, 5.41) is 14.0. The first-order valence-electron chi connectivity index (χ1n) is 6.53. The van der Waals surface area contributed by atoms with Crippen molar-refractivity contribution in [3.63, 3.8) is 0 Å². The summed E-state index contributed by atoms with van der Waals surface area (Å²) >= 11 is 5.96. The van der Waals surface area contributed by atoms with Crippen LogP contribution >= 0.6 is 11.6 Å². The highest BCUT2D eigenvalue weighted by atomic mass is 35.5. The molecule has 2 aromatic rings. The molecule has 0 amide bonds. The van der Waals surface area contributed by atoms with Gasteiger partial charge in [-0.25, -0.2) is 4.99 Å². The number of hydrogen-bond acceptors (Lipinski definition) is 2. The number of aromatic amines is 1. The Balaban J connectivity index is 1.94.